The quantitative estimate of drug-likeness (QED) is 0.770. The molecule has 0 saturated carbocycles. The van der Waals surface area contributed by atoms with E-state index in [0.717, 1.165) is 0 Å². The maximum absolute atomic E-state index is 11.6. The van der Waals surface area contributed by atoms with Gasteiger partial charge in [-0.25, -0.2) is 0 Å². The number of aliphatic carboxylic acids is 1. The Morgan fingerprint density at radius 2 is 1.86 bits per heavy atom. The van der Waals surface area contributed by atoms with Crippen LogP contribution in [0.5, 0.6) is 0 Å². The van der Waals surface area contributed by atoms with Crippen molar-refractivity contribution in [2.75, 3.05) is 31.1 Å². The zero-order valence-electron chi connectivity index (χ0n) is 12.5. The number of hydrogen-bond acceptors (Lipinski definition) is 5. The summed E-state index contributed by atoms with van der Waals surface area (Å²) in [6, 6.07) is -0.504. The van der Waals surface area contributed by atoms with E-state index in [-0.39, 0.29) is 0 Å². The summed E-state index contributed by atoms with van der Waals surface area (Å²) in [5, 5.41) is 13.3. The molecule has 1 saturated heterocycles. The Morgan fingerprint density at radius 1 is 1.29 bits per heavy atom. The maximum atomic E-state index is 11.6. The third-order valence-corrected chi connectivity index (χ3v) is 3.96. The van der Waals surface area contributed by atoms with Crippen LogP contribution in [0.3, 0.4) is 0 Å². The highest BCUT2D eigenvalue weighted by Gasteiger charge is 2.29. The molecule has 0 aromatic carbocycles. The topological polar surface area (TPSA) is 105 Å². The van der Waals surface area contributed by atoms with E-state index in [1.807, 2.05) is 9.80 Å². The summed E-state index contributed by atoms with van der Waals surface area (Å²) in [5.41, 5.74) is 6.50. The van der Waals surface area contributed by atoms with Crippen LogP contribution in [0, 0.1) is 6.92 Å². The Kier molecular flexibility index (Phi) is 4.17. The van der Waals surface area contributed by atoms with Gasteiger partial charge in [-0.2, -0.15) is 5.10 Å². The molecule has 2 heterocycles. The molecule has 116 valence electrons. The van der Waals surface area contributed by atoms with Crippen LogP contribution >= 0.6 is 0 Å². The number of hydrogen-bond donors (Lipinski definition) is 2. The Balaban J connectivity index is 2.16. The molecule has 1 unspecified atom stereocenters. The zero-order chi connectivity index (χ0) is 15.7. The number of aryl methyl sites for hydroxylation is 2. The molecule has 21 heavy (non-hydrogen) atoms. The normalized spacial score (nSPS) is 17.8. The summed E-state index contributed by atoms with van der Waals surface area (Å²) in [6.45, 7) is 5.95. The predicted octanol–water partition coefficient (Wildman–Crippen LogP) is -0.577. The highest BCUT2D eigenvalue weighted by molar-refractivity contribution is 5.99. The molecule has 0 radical (unpaired) electrons. The number of piperazine rings is 1. The number of rotatable bonds is 4. The fourth-order valence-corrected chi connectivity index (χ4v) is 2.77. The SMILES string of the molecule is Cc1nn(C)c(N2CCN(C(C)C(=O)O)CC2)c1C(N)=O. The van der Waals surface area contributed by atoms with Crippen molar-refractivity contribution < 1.29 is 14.7 Å². The standard InChI is InChI=1S/C13H21N5O3/c1-8-10(11(14)19)12(16(3)15-8)18-6-4-17(5-7-18)9(2)13(20)21/h9H,4-7H2,1-3H3,(H2,14,19)(H,20,21). The van der Waals surface area contributed by atoms with Gasteiger partial charge in [0.1, 0.15) is 17.4 Å². The predicted molar refractivity (Wildman–Crippen MR) is 77.3 cm³/mol. The summed E-state index contributed by atoms with van der Waals surface area (Å²) >= 11 is 0. The summed E-state index contributed by atoms with van der Waals surface area (Å²) in [7, 11) is 1.78. The van der Waals surface area contributed by atoms with Crippen LogP contribution in [0.15, 0.2) is 0 Å². The van der Waals surface area contributed by atoms with Crippen LogP contribution in [-0.4, -0.2) is 63.9 Å². The van der Waals surface area contributed by atoms with Crippen molar-refractivity contribution in [3.8, 4) is 0 Å². The Morgan fingerprint density at radius 3 is 2.33 bits per heavy atom. The van der Waals surface area contributed by atoms with Gasteiger partial charge in [0.05, 0.1) is 5.69 Å². The summed E-state index contributed by atoms with van der Waals surface area (Å²) in [6.07, 6.45) is 0. The Bertz CT molecular complexity index is 560. The fourth-order valence-electron chi connectivity index (χ4n) is 2.77. The van der Waals surface area contributed by atoms with Crippen LogP contribution in [0.25, 0.3) is 0 Å². The number of primary amides is 1. The smallest absolute Gasteiger partial charge is 0.320 e. The third-order valence-electron chi connectivity index (χ3n) is 3.96. The van der Waals surface area contributed by atoms with E-state index in [4.69, 9.17) is 10.8 Å². The lowest BCUT2D eigenvalue weighted by Gasteiger charge is -2.37. The van der Waals surface area contributed by atoms with Gasteiger partial charge in [-0.1, -0.05) is 0 Å². The molecule has 0 aliphatic carbocycles. The first-order chi connectivity index (χ1) is 9.82. The van der Waals surface area contributed by atoms with Crippen molar-refractivity contribution in [3.05, 3.63) is 11.3 Å². The number of carbonyl (C=O) groups is 2. The molecule has 8 heteroatoms. The number of carboxylic acids is 1. The van der Waals surface area contributed by atoms with Crippen molar-refractivity contribution in [3.63, 3.8) is 0 Å². The largest absolute Gasteiger partial charge is 0.480 e. The second-order valence-corrected chi connectivity index (χ2v) is 5.31. The van der Waals surface area contributed by atoms with Crippen molar-refractivity contribution in [1.29, 1.82) is 0 Å². The van der Waals surface area contributed by atoms with Crippen LogP contribution in [0.1, 0.15) is 23.0 Å². The number of carboxylic acid groups (broad SMARTS) is 1. The van der Waals surface area contributed by atoms with Crippen molar-refractivity contribution in [2.24, 2.45) is 12.8 Å². The number of nitrogens with two attached hydrogens (primary N) is 1. The number of amides is 1. The van der Waals surface area contributed by atoms with E-state index in [1.165, 1.54) is 0 Å². The highest BCUT2D eigenvalue weighted by Crippen LogP contribution is 2.24. The first-order valence-corrected chi connectivity index (χ1v) is 6.88. The minimum atomic E-state index is -0.822. The number of carbonyl (C=O) groups excluding carboxylic acids is 1. The lowest BCUT2D eigenvalue weighted by Crippen LogP contribution is -2.52. The summed E-state index contributed by atoms with van der Waals surface area (Å²) < 4.78 is 1.66. The van der Waals surface area contributed by atoms with Gasteiger partial charge < -0.3 is 15.7 Å². The molecule has 0 bridgehead atoms. The number of aromatic nitrogens is 2. The molecule has 1 fully saturated rings. The Hall–Kier alpha value is -2.09. The average molecular weight is 295 g/mol. The van der Waals surface area contributed by atoms with Gasteiger partial charge in [0, 0.05) is 33.2 Å². The molecule has 0 spiro atoms. The minimum absolute atomic E-state index is 0.442. The average Bonchev–Trinajstić information content (AvgIpc) is 2.72. The van der Waals surface area contributed by atoms with Gasteiger partial charge in [-0.15, -0.1) is 0 Å². The van der Waals surface area contributed by atoms with Gasteiger partial charge in [-0.05, 0) is 13.8 Å². The van der Waals surface area contributed by atoms with E-state index in [9.17, 15) is 9.59 Å². The van der Waals surface area contributed by atoms with Crippen molar-refractivity contribution in [2.45, 2.75) is 19.9 Å². The number of nitrogens with zero attached hydrogens (tertiary/aromatic N) is 4. The fraction of sp³-hybridized carbons (Fsp3) is 0.615. The lowest BCUT2D eigenvalue weighted by atomic mass is 10.2. The molecule has 1 aromatic heterocycles. The Labute approximate surface area is 123 Å². The summed E-state index contributed by atoms with van der Waals surface area (Å²) in [5.74, 6) is -0.600. The molecule has 3 N–H and O–H groups in total. The van der Waals surface area contributed by atoms with Crippen molar-refractivity contribution in [1.82, 2.24) is 14.7 Å². The van der Waals surface area contributed by atoms with E-state index in [1.54, 1.807) is 25.6 Å². The molecule has 1 aliphatic heterocycles. The van der Waals surface area contributed by atoms with Crippen LogP contribution in [-0.2, 0) is 11.8 Å². The molecular formula is C13H21N5O3. The molecule has 2 rings (SSSR count). The monoisotopic (exact) mass is 295 g/mol. The molecule has 1 aliphatic rings. The van der Waals surface area contributed by atoms with E-state index in [0.29, 0.717) is 43.3 Å². The first-order valence-electron chi connectivity index (χ1n) is 6.88. The second kappa shape index (κ2) is 5.72. The number of anilines is 1. The first kappa shape index (κ1) is 15.3. The van der Waals surface area contributed by atoms with Gasteiger partial charge >= 0.3 is 5.97 Å². The minimum Gasteiger partial charge on any atom is -0.480 e. The highest BCUT2D eigenvalue weighted by atomic mass is 16.4. The summed E-state index contributed by atoms with van der Waals surface area (Å²) in [4.78, 5) is 26.6. The van der Waals surface area contributed by atoms with E-state index < -0.39 is 17.9 Å². The van der Waals surface area contributed by atoms with Crippen LogP contribution < -0.4 is 10.6 Å². The van der Waals surface area contributed by atoms with Crippen LogP contribution in [0.4, 0.5) is 5.82 Å². The van der Waals surface area contributed by atoms with Gasteiger partial charge in [0.2, 0.25) is 0 Å². The zero-order valence-corrected chi connectivity index (χ0v) is 12.5. The van der Waals surface area contributed by atoms with Gasteiger partial charge in [-0.3, -0.25) is 19.2 Å². The molecular weight excluding hydrogens is 274 g/mol. The van der Waals surface area contributed by atoms with Crippen LogP contribution in [0.2, 0.25) is 0 Å². The van der Waals surface area contributed by atoms with Crippen molar-refractivity contribution >= 4 is 17.7 Å². The molecule has 8 nitrogen and oxygen atoms in total. The van der Waals surface area contributed by atoms with Gasteiger partial charge in [0.25, 0.3) is 5.91 Å². The second-order valence-electron chi connectivity index (χ2n) is 5.31. The maximum Gasteiger partial charge on any atom is 0.320 e. The van der Waals surface area contributed by atoms with Gasteiger partial charge in [0.15, 0.2) is 0 Å². The van der Waals surface area contributed by atoms with E-state index >= 15 is 0 Å². The van der Waals surface area contributed by atoms with E-state index in [2.05, 4.69) is 5.10 Å². The molecule has 1 atom stereocenters. The molecule has 1 amide bonds. The lowest BCUT2D eigenvalue weighted by molar-refractivity contribution is -0.142. The molecule has 1 aromatic rings. The third kappa shape index (κ3) is 2.85.